The molecule has 33 heavy (non-hydrogen) atoms. The summed E-state index contributed by atoms with van der Waals surface area (Å²) in [5.41, 5.74) is 3.61. The van der Waals surface area contributed by atoms with Gasteiger partial charge in [-0.3, -0.25) is 14.4 Å². The van der Waals surface area contributed by atoms with Gasteiger partial charge >= 0.3 is 0 Å². The molecular weight excluding hydrogens is 440 g/mol. The van der Waals surface area contributed by atoms with Crippen molar-refractivity contribution < 1.29 is 18.1 Å². The number of anilines is 1. The summed E-state index contributed by atoms with van der Waals surface area (Å²) in [6.45, 7) is 1.45. The number of methoxy groups -OCH3 is 1. The number of nitro groups is 1. The number of aryl methyl sites for hydroxylation is 1. The highest BCUT2D eigenvalue weighted by molar-refractivity contribution is 7.92. The van der Waals surface area contributed by atoms with Crippen LogP contribution in [0, 0.1) is 23.0 Å². The summed E-state index contributed by atoms with van der Waals surface area (Å²) >= 11 is 0. The number of hydrogen-bond acceptors (Lipinski definition) is 5. The van der Waals surface area contributed by atoms with E-state index < -0.39 is 20.9 Å². The maximum atomic E-state index is 13.7. The van der Waals surface area contributed by atoms with Crippen LogP contribution >= 0.6 is 0 Å². The Kier molecular flexibility index (Phi) is 6.20. The Morgan fingerprint density at radius 1 is 1.06 bits per heavy atom. The third kappa shape index (κ3) is 4.61. The molecule has 8 heteroatoms. The third-order valence-corrected chi connectivity index (χ3v) is 7.44. The van der Waals surface area contributed by atoms with Crippen LogP contribution in [0.1, 0.15) is 16.7 Å². The summed E-state index contributed by atoms with van der Waals surface area (Å²) in [5.74, 6) is -0.0650. The zero-order valence-corrected chi connectivity index (χ0v) is 19.2. The van der Waals surface area contributed by atoms with Gasteiger partial charge in [-0.1, -0.05) is 54.1 Å². The molecule has 0 aromatic heterocycles. The van der Waals surface area contributed by atoms with Crippen molar-refractivity contribution in [2.24, 2.45) is 5.92 Å². The molecule has 0 N–H and O–H groups in total. The van der Waals surface area contributed by atoms with E-state index in [4.69, 9.17) is 4.74 Å². The zero-order valence-electron chi connectivity index (χ0n) is 18.3. The number of benzene rings is 3. The molecule has 1 atom stereocenters. The third-order valence-electron chi connectivity index (χ3n) is 5.64. The number of hydrogen-bond donors (Lipinski definition) is 0. The summed E-state index contributed by atoms with van der Waals surface area (Å²) in [4.78, 5) is 11.2. The van der Waals surface area contributed by atoms with Gasteiger partial charge in [-0.15, -0.1) is 0 Å². The Morgan fingerprint density at radius 2 is 1.76 bits per heavy atom. The van der Waals surface area contributed by atoms with E-state index in [-0.39, 0.29) is 18.0 Å². The van der Waals surface area contributed by atoms with Crippen LogP contribution in [-0.4, -0.2) is 33.5 Å². The fourth-order valence-corrected chi connectivity index (χ4v) is 5.54. The van der Waals surface area contributed by atoms with E-state index in [1.165, 1.54) is 4.31 Å². The first-order chi connectivity index (χ1) is 15.8. The van der Waals surface area contributed by atoms with E-state index in [2.05, 4.69) is 0 Å². The first-order valence-corrected chi connectivity index (χ1v) is 11.9. The lowest BCUT2D eigenvalue weighted by Crippen LogP contribution is -2.36. The molecule has 4 rings (SSSR count). The average molecular weight is 465 g/mol. The summed E-state index contributed by atoms with van der Waals surface area (Å²) in [5, 5.41) is 11.4. The van der Waals surface area contributed by atoms with Crippen LogP contribution in [0.3, 0.4) is 0 Å². The van der Waals surface area contributed by atoms with Gasteiger partial charge in [0.1, 0.15) is 5.75 Å². The molecule has 0 saturated carbocycles. The van der Waals surface area contributed by atoms with Gasteiger partial charge < -0.3 is 4.74 Å². The molecule has 0 spiro atoms. The minimum atomic E-state index is -3.97. The zero-order chi connectivity index (χ0) is 23.6. The maximum absolute atomic E-state index is 13.7. The fourth-order valence-electron chi connectivity index (χ4n) is 4.00. The molecule has 0 radical (unpaired) electrons. The van der Waals surface area contributed by atoms with Crippen molar-refractivity contribution >= 4 is 21.3 Å². The second kappa shape index (κ2) is 9.07. The van der Waals surface area contributed by atoms with Gasteiger partial charge in [0, 0.05) is 17.0 Å². The number of fused-ring (bicyclic) bond motifs is 1. The van der Waals surface area contributed by atoms with Crippen LogP contribution in [0.4, 0.5) is 5.69 Å². The maximum Gasteiger partial charge on any atom is 0.264 e. The van der Waals surface area contributed by atoms with Gasteiger partial charge in [0.2, 0.25) is 6.54 Å². The SMILES string of the molecule is COc1ccc2c(c1)C(c1ccccc1)=CC(C[N+](=O)[O-])CN2S(=O)(=O)c1ccc(C)cc1. The summed E-state index contributed by atoms with van der Waals surface area (Å²) < 4.78 is 34.2. The van der Waals surface area contributed by atoms with Crippen molar-refractivity contribution in [2.45, 2.75) is 11.8 Å². The summed E-state index contributed by atoms with van der Waals surface area (Å²) in [6, 6.07) is 21.2. The van der Waals surface area contributed by atoms with Gasteiger partial charge in [0.15, 0.2) is 0 Å². The fraction of sp³-hybridized carbons (Fsp3) is 0.200. The van der Waals surface area contributed by atoms with E-state index in [0.717, 1.165) is 16.7 Å². The minimum absolute atomic E-state index is 0.0488. The summed E-state index contributed by atoms with van der Waals surface area (Å²) in [7, 11) is -2.43. The standard InChI is InChI=1S/C25H24N2O5S/c1-18-8-11-22(12-9-18)33(30,31)26-16-19(17-27(28)29)14-23(20-6-4-3-5-7-20)24-15-21(32-2)10-13-25(24)26/h3-15,19H,16-17H2,1-2H3. The Morgan fingerprint density at radius 3 is 2.39 bits per heavy atom. The van der Waals surface area contributed by atoms with Crippen molar-refractivity contribution in [2.75, 3.05) is 24.5 Å². The lowest BCUT2D eigenvalue weighted by atomic mass is 9.94. The second-order valence-electron chi connectivity index (χ2n) is 7.95. The predicted octanol–water partition coefficient (Wildman–Crippen LogP) is 4.54. The molecule has 1 unspecified atom stereocenters. The minimum Gasteiger partial charge on any atom is -0.497 e. The van der Waals surface area contributed by atoms with Gasteiger partial charge in [-0.05, 0) is 48.4 Å². The van der Waals surface area contributed by atoms with Crippen LogP contribution in [0.2, 0.25) is 0 Å². The smallest absolute Gasteiger partial charge is 0.264 e. The molecule has 0 bridgehead atoms. The molecule has 3 aromatic carbocycles. The molecule has 1 aliphatic heterocycles. The van der Waals surface area contributed by atoms with Crippen molar-refractivity contribution in [1.82, 2.24) is 0 Å². The molecular formula is C25H24N2O5S. The Hall–Kier alpha value is -3.65. The van der Waals surface area contributed by atoms with Crippen LogP contribution in [-0.2, 0) is 10.0 Å². The van der Waals surface area contributed by atoms with E-state index in [1.54, 1.807) is 55.7 Å². The van der Waals surface area contributed by atoms with Crippen molar-refractivity contribution in [3.63, 3.8) is 0 Å². The average Bonchev–Trinajstić information content (AvgIpc) is 2.96. The highest BCUT2D eigenvalue weighted by Gasteiger charge is 2.34. The van der Waals surface area contributed by atoms with Gasteiger partial charge in [0.25, 0.3) is 10.0 Å². The van der Waals surface area contributed by atoms with Gasteiger partial charge in [-0.25, -0.2) is 8.42 Å². The van der Waals surface area contributed by atoms with E-state index in [0.29, 0.717) is 17.0 Å². The largest absolute Gasteiger partial charge is 0.497 e. The quantitative estimate of drug-likeness (QED) is 0.395. The normalized spacial score (nSPS) is 15.9. The first-order valence-electron chi connectivity index (χ1n) is 10.5. The van der Waals surface area contributed by atoms with E-state index in [9.17, 15) is 18.5 Å². The van der Waals surface area contributed by atoms with Gasteiger partial charge in [-0.2, -0.15) is 0 Å². The molecule has 0 fully saturated rings. The van der Waals surface area contributed by atoms with Crippen LogP contribution in [0.25, 0.3) is 5.57 Å². The first kappa shape index (κ1) is 22.5. The Bertz CT molecular complexity index is 1300. The lowest BCUT2D eigenvalue weighted by molar-refractivity contribution is -0.485. The van der Waals surface area contributed by atoms with Crippen LogP contribution in [0.5, 0.6) is 5.75 Å². The Balaban J connectivity index is 1.95. The highest BCUT2D eigenvalue weighted by Crippen LogP contribution is 2.40. The number of sulfonamides is 1. The molecule has 0 aliphatic carbocycles. The van der Waals surface area contributed by atoms with Crippen LogP contribution in [0.15, 0.2) is 83.8 Å². The van der Waals surface area contributed by atoms with Crippen molar-refractivity contribution in [3.05, 3.63) is 106 Å². The predicted molar refractivity (Wildman–Crippen MR) is 128 cm³/mol. The topological polar surface area (TPSA) is 89.8 Å². The second-order valence-corrected chi connectivity index (χ2v) is 9.82. The molecule has 1 heterocycles. The highest BCUT2D eigenvalue weighted by atomic mass is 32.2. The monoisotopic (exact) mass is 464 g/mol. The van der Waals surface area contributed by atoms with E-state index in [1.807, 2.05) is 37.3 Å². The molecule has 0 amide bonds. The van der Waals surface area contributed by atoms with E-state index >= 15 is 0 Å². The molecule has 170 valence electrons. The Labute approximate surface area is 193 Å². The lowest BCUT2D eigenvalue weighted by Gasteiger charge is -2.27. The number of ether oxygens (including phenoxy) is 1. The van der Waals surface area contributed by atoms with Crippen molar-refractivity contribution in [3.8, 4) is 5.75 Å². The van der Waals surface area contributed by atoms with Crippen LogP contribution < -0.4 is 9.04 Å². The number of rotatable bonds is 6. The number of nitrogens with zero attached hydrogens (tertiary/aromatic N) is 2. The summed E-state index contributed by atoms with van der Waals surface area (Å²) in [6.07, 6.45) is 1.81. The molecule has 0 saturated heterocycles. The molecule has 7 nitrogen and oxygen atoms in total. The van der Waals surface area contributed by atoms with Gasteiger partial charge in [0.05, 0.1) is 23.6 Å². The van der Waals surface area contributed by atoms with Crippen molar-refractivity contribution in [1.29, 1.82) is 0 Å². The molecule has 3 aromatic rings. The molecule has 1 aliphatic rings.